The summed E-state index contributed by atoms with van der Waals surface area (Å²) in [7, 11) is 4.45. The maximum absolute atomic E-state index is 13.4. The molecule has 192 valence electrons. The van der Waals surface area contributed by atoms with Gasteiger partial charge in [-0.05, 0) is 60.5 Å². The van der Waals surface area contributed by atoms with Crippen molar-refractivity contribution in [3.63, 3.8) is 0 Å². The molecule has 1 aliphatic rings. The largest absolute Gasteiger partial charge is 0.507 e. The topological polar surface area (TPSA) is 107 Å². The third-order valence-corrected chi connectivity index (χ3v) is 6.06. The smallest absolute Gasteiger partial charge is 0.295 e. The van der Waals surface area contributed by atoms with Gasteiger partial charge in [0.15, 0.2) is 11.5 Å². The molecule has 2 heterocycles. The lowest BCUT2D eigenvalue weighted by atomic mass is 9.94. The normalized spacial score (nSPS) is 16.5. The number of nitrogens with zero attached hydrogens (tertiary/aromatic N) is 2. The molecule has 0 bridgehead atoms. The van der Waals surface area contributed by atoms with Gasteiger partial charge in [0.25, 0.3) is 11.7 Å². The zero-order valence-electron chi connectivity index (χ0n) is 21.1. The SMILES string of the molecule is CCOc1ccc(C(O)=C2C(=O)C(=O)N(Cc3cccnc3)[C@H]2c2cc(OC)c(OC)c(OC)c2)cc1. The fraction of sp³-hybridized carbons (Fsp3) is 0.250. The van der Waals surface area contributed by atoms with Crippen molar-refractivity contribution in [1.29, 1.82) is 0 Å². The Bertz CT molecular complexity index is 1300. The number of rotatable bonds is 9. The van der Waals surface area contributed by atoms with Crippen LogP contribution in [-0.4, -0.2) is 54.6 Å². The summed E-state index contributed by atoms with van der Waals surface area (Å²) >= 11 is 0. The zero-order valence-corrected chi connectivity index (χ0v) is 21.1. The molecular formula is C28H28N2O7. The molecule has 3 aromatic rings. The van der Waals surface area contributed by atoms with Crippen molar-refractivity contribution in [3.8, 4) is 23.0 Å². The Kier molecular flexibility index (Phi) is 7.62. The number of aromatic nitrogens is 1. The van der Waals surface area contributed by atoms with E-state index in [0.29, 0.717) is 40.7 Å². The Morgan fingerprint density at radius 1 is 1.00 bits per heavy atom. The van der Waals surface area contributed by atoms with Gasteiger partial charge in [-0.1, -0.05) is 6.07 Å². The van der Waals surface area contributed by atoms with Gasteiger partial charge in [0.05, 0.1) is 39.6 Å². The molecule has 1 atom stereocenters. The van der Waals surface area contributed by atoms with Gasteiger partial charge < -0.3 is 29.0 Å². The Labute approximate surface area is 214 Å². The highest BCUT2D eigenvalue weighted by molar-refractivity contribution is 6.46. The third kappa shape index (κ3) is 4.93. The number of aliphatic hydroxyl groups excluding tert-OH is 1. The van der Waals surface area contributed by atoms with Gasteiger partial charge in [-0.3, -0.25) is 14.6 Å². The van der Waals surface area contributed by atoms with E-state index in [1.807, 2.05) is 13.0 Å². The van der Waals surface area contributed by atoms with Crippen molar-refractivity contribution in [2.75, 3.05) is 27.9 Å². The number of methoxy groups -OCH3 is 3. The number of pyridine rings is 1. The van der Waals surface area contributed by atoms with E-state index in [9.17, 15) is 14.7 Å². The first-order valence-corrected chi connectivity index (χ1v) is 11.6. The van der Waals surface area contributed by atoms with E-state index < -0.39 is 17.7 Å². The summed E-state index contributed by atoms with van der Waals surface area (Å²) < 4.78 is 21.9. The van der Waals surface area contributed by atoms with Crippen molar-refractivity contribution < 1.29 is 33.6 Å². The average molecular weight is 505 g/mol. The highest BCUT2D eigenvalue weighted by Crippen LogP contribution is 2.46. The van der Waals surface area contributed by atoms with Crippen LogP contribution in [0.5, 0.6) is 23.0 Å². The molecule has 0 unspecified atom stereocenters. The molecule has 0 aliphatic carbocycles. The van der Waals surface area contributed by atoms with Gasteiger partial charge in [-0.15, -0.1) is 0 Å². The first kappa shape index (κ1) is 25.6. The van der Waals surface area contributed by atoms with Crippen LogP contribution in [0.3, 0.4) is 0 Å². The number of carbonyl (C=O) groups is 2. The summed E-state index contributed by atoms with van der Waals surface area (Å²) in [5.41, 5.74) is 1.56. The molecule has 9 nitrogen and oxygen atoms in total. The molecule has 1 N–H and O–H groups in total. The number of likely N-dealkylation sites (tertiary alicyclic amines) is 1. The van der Waals surface area contributed by atoms with E-state index in [1.54, 1.807) is 54.9 Å². The van der Waals surface area contributed by atoms with Gasteiger partial charge in [-0.25, -0.2) is 0 Å². The first-order chi connectivity index (χ1) is 17.9. The second-order valence-electron chi connectivity index (χ2n) is 8.20. The molecule has 1 aromatic heterocycles. The fourth-order valence-corrected chi connectivity index (χ4v) is 4.37. The monoisotopic (exact) mass is 504 g/mol. The van der Waals surface area contributed by atoms with Crippen LogP contribution in [0, 0.1) is 0 Å². The molecule has 4 rings (SSSR count). The summed E-state index contributed by atoms with van der Waals surface area (Å²) in [5, 5.41) is 11.3. The minimum Gasteiger partial charge on any atom is -0.507 e. The van der Waals surface area contributed by atoms with Crippen molar-refractivity contribution in [2.24, 2.45) is 0 Å². The van der Waals surface area contributed by atoms with E-state index in [2.05, 4.69) is 4.98 Å². The molecule has 1 amide bonds. The second-order valence-corrected chi connectivity index (χ2v) is 8.20. The van der Waals surface area contributed by atoms with Gasteiger partial charge in [0, 0.05) is 24.5 Å². The van der Waals surface area contributed by atoms with Crippen LogP contribution in [0.15, 0.2) is 66.5 Å². The number of ketones is 1. The molecule has 2 aromatic carbocycles. The van der Waals surface area contributed by atoms with Crippen LogP contribution in [-0.2, 0) is 16.1 Å². The second kappa shape index (κ2) is 11.0. The molecular weight excluding hydrogens is 476 g/mol. The predicted molar refractivity (Wildman–Crippen MR) is 136 cm³/mol. The van der Waals surface area contributed by atoms with Crippen molar-refractivity contribution in [1.82, 2.24) is 9.88 Å². The van der Waals surface area contributed by atoms with Crippen LogP contribution in [0.2, 0.25) is 0 Å². The maximum Gasteiger partial charge on any atom is 0.295 e. The third-order valence-electron chi connectivity index (χ3n) is 6.06. The minimum absolute atomic E-state index is 0.0488. The summed E-state index contributed by atoms with van der Waals surface area (Å²) in [6.07, 6.45) is 3.25. The van der Waals surface area contributed by atoms with Crippen LogP contribution in [0.25, 0.3) is 5.76 Å². The van der Waals surface area contributed by atoms with Crippen molar-refractivity contribution in [2.45, 2.75) is 19.5 Å². The lowest BCUT2D eigenvalue weighted by molar-refractivity contribution is -0.140. The maximum atomic E-state index is 13.4. The number of aliphatic hydroxyl groups is 1. The molecule has 37 heavy (non-hydrogen) atoms. The predicted octanol–water partition coefficient (Wildman–Crippen LogP) is 4.13. The van der Waals surface area contributed by atoms with Gasteiger partial charge in [0.2, 0.25) is 5.75 Å². The average Bonchev–Trinajstić information content (AvgIpc) is 3.17. The Morgan fingerprint density at radius 2 is 1.68 bits per heavy atom. The minimum atomic E-state index is -0.930. The molecule has 1 saturated heterocycles. The Balaban J connectivity index is 1.91. The van der Waals surface area contributed by atoms with Crippen LogP contribution in [0.1, 0.15) is 29.7 Å². The number of amides is 1. The number of carbonyl (C=O) groups excluding carboxylic acids is 2. The lowest BCUT2D eigenvalue weighted by Crippen LogP contribution is -2.29. The number of Topliss-reactive ketones (excluding diaryl/α,β-unsaturated/α-hetero) is 1. The molecule has 9 heteroatoms. The lowest BCUT2D eigenvalue weighted by Gasteiger charge is -2.26. The van der Waals surface area contributed by atoms with Crippen molar-refractivity contribution >= 4 is 17.4 Å². The summed E-state index contributed by atoms with van der Waals surface area (Å²) in [5.74, 6) is -0.144. The van der Waals surface area contributed by atoms with Crippen LogP contribution >= 0.6 is 0 Å². The number of ether oxygens (including phenoxy) is 4. The van der Waals surface area contributed by atoms with E-state index in [1.165, 1.54) is 26.2 Å². The summed E-state index contributed by atoms with van der Waals surface area (Å²) in [4.78, 5) is 32.2. The molecule has 0 radical (unpaired) electrons. The molecule has 0 spiro atoms. The van der Waals surface area contributed by atoms with Gasteiger partial charge in [-0.2, -0.15) is 0 Å². The highest BCUT2D eigenvalue weighted by atomic mass is 16.5. The van der Waals surface area contributed by atoms with Crippen molar-refractivity contribution in [3.05, 3.63) is 83.2 Å². The summed E-state index contributed by atoms with van der Waals surface area (Å²) in [6, 6.07) is 12.6. The first-order valence-electron chi connectivity index (χ1n) is 11.6. The van der Waals surface area contributed by atoms with E-state index in [0.717, 1.165) is 5.56 Å². The quantitative estimate of drug-likeness (QED) is 0.263. The number of benzene rings is 2. The molecule has 1 aliphatic heterocycles. The summed E-state index contributed by atoms with van der Waals surface area (Å²) in [6.45, 7) is 2.46. The molecule has 0 saturated carbocycles. The standard InChI is InChI=1S/C28H28N2O7/c1-5-37-20-10-8-18(9-11-20)25(31)23-24(19-13-21(34-2)27(36-4)22(14-19)35-3)30(28(33)26(23)32)16-17-7-6-12-29-15-17/h6-15,24,31H,5,16H2,1-4H3/t24-/m0/s1. The molecule has 1 fully saturated rings. The van der Waals surface area contributed by atoms with Crippen LogP contribution in [0.4, 0.5) is 0 Å². The van der Waals surface area contributed by atoms with E-state index >= 15 is 0 Å². The Hall–Kier alpha value is -4.53. The fourth-order valence-electron chi connectivity index (χ4n) is 4.37. The number of hydrogen-bond donors (Lipinski definition) is 1. The van der Waals surface area contributed by atoms with E-state index in [-0.39, 0.29) is 17.9 Å². The van der Waals surface area contributed by atoms with Gasteiger partial charge >= 0.3 is 0 Å². The highest BCUT2D eigenvalue weighted by Gasteiger charge is 2.46. The Morgan fingerprint density at radius 3 is 2.22 bits per heavy atom. The zero-order chi connectivity index (χ0) is 26.5. The van der Waals surface area contributed by atoms with Gasteiger partial charge in [0.1, 0.15) is 11.5 Å². The van der Waals surface area contributed by atoms with E-state index in [4.69, 9.17) is 18.9 Å². The van der Waals surface area contributed by atoms with Crippen LogP contribution < -0.4 is 18.9 Å². The number of hydrogen-bond acceptors (Lipinski definition) is 8.